The van der Waals surface area contributed by atoms with Crippen molar-refractivity contribution in [1.29, 1.82) is 0 Å². The summed E-state index contributed by atoms with van der Waals surface area (Å²) in [4.78, 5) is 25.4. The maximum atomic E-state index is 14.0. The van der Waals surface area contributed by atoms with Gasteiger partial charge in [0.05, 0.1) is 5.56 Å². The number of carbonyl (C=O) groups excluding carboxylic acids is 2. The largest absolute Gasteiger partial charge is 0.348 e. The molecular weight excluding hydrogens is 287 g/mol. The number of carbonyl (C=O) groups is 2. The van der Waals surface area contributed by atoms with Crippen LogP contribution in [0.15, 0.2) is 18.2 Å². The van der Waals surface area contributed by atoms with Crippen LogP contribution in [0.4, 0.5) is 14.9 Å². The maximum Gasteiger partial charge on any atom is 0.321 e. The Labute approximate surface area is 127 Å². The molecule has 1 atom stereocenters. The van der Waals surface area contributed by atoms with Crippen LogP contribution in [0.1, 0.15) is 23.2 Å². The number of hydrogen-bond acceptors (Lipinski definition) is 3. The van der Waals surface area contributed by atoms with Gasteiger partial charge in [0.15, 0.2) is 0 Å². The van der Waals surface area contributed by atoms with E-state index in [-0.39, 0.29) is 17.6 Å². The van der Waals surface area contributed by atoms with E-state index in [1.807, 2.05) is 0 Å². The van der Waals surface area contributed by atoms with Crippen molar-refractivity contribution in [2.45, 2.75) is 18.9 Å². The predicted octanol–water partition coefficient (Wildman–Crippen LogP) is 0.822. The second-order valence-electron chi connectivity index (χ2n) is 5.70. The fourth-order valence-corrected chi connectivity index (χ4v) is 2.69. The lowest BCUT2D eigenvalue weighted by molar-refractivity contribution is 0.0929. The Balaban J connectivity index is 1.79. The lowest BCUT2D eigenvalue weighted by Gasteiger charge is -2.18. The highest BCUT2D eigenvalue weighted by molar-refractivity contribution is 5.98. The van der Waals surface area contributed by atoms with Crippen LogP contribution in [0.3, 0.4) is 0 Å². The van der Waals surface area contributed by atoms with E-state index in [1.165, 1.54) is 23.1 Å². The zero-order valence-corrected chi connectivity index (χ0v) is 12.1. The van der Waals surface area contributed by atoms with Crippen LogP contribution < -0.4 is 21.3 Å². The van der Waals surface area contributed by atoms with Gasteiger partial charge in [-0.05, 0) is 37.0 Å². The van der Waals surface area contributed by atoms with Crippen LogP contribution in [-0.2, 0) is 0 Å². The van der Waals surface area contributed by atoms with Crippen LogP contribution in [0.25, 0.3) is 0 Å². The van der Waals surface area contributed by atoms with E-state index in [0.717, 1.165) is 12.8 Å². The number of rotatable bonds is 5. The van der Waals surface area contributed by atoms with Crippen molar-refractivity contribution in [2.75, 3.05) is 24.5 Å². The van der Waals surface area contributed by atoms with Crippen LogP contribution >= 0.6 is 0 Å². The molecule has 118 valence electrons. The lowest BCUT2D eigenvalue weighted by atomic mass is 10.1. The van der Waals surface area contributed by atoms with Gasteiger partial charge in [-0.1, -0.05) is 0 Å². The van der Waals surface area contributed by atoms with Crippen molar-refractivity contribution in [3.05, 3.63) is 29.6 Å². The third kappa shape index (κ3) is 2.89. The molecule has 1 saturated heterocycles. The SMILES string of the molecule is NCC(NC(=O)c1cc(N2CCNC2=O)ccc1F)C1CC1. The van der Waals surface area contributed by atoms with Crippen LogP contribution in [0.5, 0.6) is 0 Å². The van der Waals surface area contributed by atoms with Gasteiger partial charge in [-0.15, -0.1) is 0 Å². The van der Waals surface area contributed by atoms with Crippen molar-refractivity contribution < 1.29 is 14.0 Å². The summed E-state index contributed by atoms with van der Waals surface area (Å²) in [5.41, 5.74) is 6.11. The minimum atomic E-state index is -0.604. The predicted molar refractivity (Wildman–Crippen MR) is 80.2 cm³/mol. The first-order valence-corrected chi connectivity index (χ1v) is 7.46. The Kier molecular flexibility index (Phi) is 3.98. The molecule has 2 aliphatic rings. The van der Waals surface area contributed by atoms with Gasteiger partial charge in [0.2, 0.25) is 0 Å². The molecule has 1 aromatic carbocycles. The first-order valence-electron chi connectivity index (χ1n) is 7.46. The number of hydrogen-bond donors (Lipinski definition) is 3. The van der Waals surface area contributed by atoms with Gasteiger partial charge in [-0.3, -0.25) is 9.69 Å². The molecule has 4 N–H and O–H groups in total. The first kappa shape index (κ1) is 14.8. The van der Waals surface area contributed by atoms with E-state index in [4.69, 9.17) is 5.73 Å². The molecule has 0 aromatic heterocycles. The fraction of sp³-hybridized carbons (Fsp3) is 0.467. The summed E-state index contributed by atoms with van der Waals surface area (Å²) in [7, 11) is 0. The summed E-state index contributed by atoms with van der Waals surface area (Å²) < 4.78 is 14.0. The summed E-state index contributed by atoms with van der Waals surface area (Å²) in [6.07, 6.45) is 2.08. The van der Waals surface area contributed by atoms with Gasteiger partial charge in [0.25, 0.3) is 5.91 Å². The molecule has 1 saturated carbocycles. The van der Waals surface area contributed by atoms with E-state index < -0.39 is 11.7 Å². The number of benzene rings is 1. The zero-order valence-electron chi connectivity index (χ0n) is 12.1. The molecular formula is C15H19FN4O2. The number of nitrogens with zero attached hydrogens (tertiary/aromatic N) is 1. The van der Waals surface area contributed by atoms with E-state index in [9.17, 15) is 14.0 Å². The van der Waals surface area contributed by atoms with Crippen LogP contribution in [-0.4, -0.2) is 37.6 Å². The first-order chi connectivity index (χ1) is 10.6. The molecule has 1 unspecified atom stereocenters. The fourth-order valence-electron chi connectivity index (χ4n) is 2.69. The van der Waals surface area contributed by atoms with E-state index in [0.29, 0.717) is 31.2 Å². The number of nitrogens with two attached hydrogens (primary N) is 1. The maximum absolute atomic E-state index is 14.0. The molecule has 0 spiro atoms. The normalized spacial score (nSPS) is 19.0. The second kappa shape index (κ2) is 5.92. The molecule has 1 aliphatic carbocycles. The summed E-state index contributed by atoms with van der Waals surface area (Å²) in [5.74, 6) is -0.696. The Morgan fingerprint density at radius 3 is 2.86 bits per heavy atom. The van der Waals surface area contributed by atoms with E-state index in [2.05, 4.69) is 10.6 Å². The Morgan fingerprint density at radius 1 is 1.50 bits per heavy atom. The van der Waals surface area contributed by atoms with E-state index >= 15 is 0 Å². The number of urea groups is 1. The molecule has 1 aliphatic heterocycles. The molecule has 0 radical (unpaired) electrons. The van der Waals surface area contributed by atoms with Gasteiger partial charge in [0.1, 0.15) is 5.82 Å². The highest BCUT2D eigenvalue weighted by atomic mass is 19.1. The van der Waals surface area contributed by atoms with Crippen molar-refractivity contribution in [1.82, 2.24) is 10.6 Å². The molecule has 2 fully saturated rings. The monoisotopic (exact) mass is 306 g/mol. The standard InChI is InChI=1S/C15H19FN4O2/c16-12-4-3-10(20-6-5-18-15(20)22)7-11(12)14(21)19-13(8-17)9-1-2-9/h3-4,7,9,13H,1-2,5-6,8,17H2,(H,18,22)(H,19,21). The smallest absolute Gasteiger partial charge is 0.321 e. The van der Waals surface area contributed by atoms with Crippen molar-refractivity contribution in [3.8, 4) is 0 Å². The molecule has 3 amide bonds. The number of anilines is 1. The minimum Gasteiger partial charge on any atom is -0.348 e. The topological polar surface area (TPSA) is 87.5 Å². The Hall–Kier alpha value is -2.15. The molecule has 1 heterocycles. The van der Waals surface area contributed by atoms with E-state index in [1.54, 1.807) is 0 Å². The third-order valence-electron chi connectivity index (χ3n) is 4.12. The number of nitrogens with one attached hydrogen (secondary N) is 2. The average molecular weight is 306 g/mol. The van der Waals surface area contributed by atoms with Crippen molar-refractivity contribution >= 4 is 17.6 Å². The Bertz CT molecular complexity index is 603. The number of halogens is 1. The molecule has 1 aromatic rings. The minimum absolute atomic E-state index is 0.0590. The molecule has 22 heavy (non-hydrogen) atoms. The summed E-state index contributed by atoms with van der Waals surface area (Å²) in [6.45, 7) is 1.37. The number of amides is 3. The van der Waals surface area contributed by atoms with Gasteiger partial charge in [-0.2, -0.15) is 0 Å². The highest BCUT2D eigenvalue weighted by Gasteiger charge is 2.32. The zero-order chi connectivity index (χ0) is 15.7. The van der Waals surface area contributed by atoms with Gasteiger partial charge in [-0.25, -0.2) is 9.18 Å². The molecule has 7 heteroatoms. The lowest BCUT2D eigenvalue weighted by Crippen LogP contribution is -2.42. The van der Waals surface area contributed by atoms with Gasteiger partial charge >= 0.3 is 6.03 Å². The van der Waals surface area contributed by atoms with Crippen LogP contribution in [0, 0.1) is 11.7 Å². The highest BCUT2D eigenvalue weighted by Crippen LogP contribution is 2.32. The summed E-state index contributed by atoms with van der Waals surface area (Å²) >= 11 is 0. The summed E-state index contributed by atoms with van der Waals surface area (Å²) in [5, 5.41) is 5.46. The Morgan fingerprint density at radius 2 is 2.27 bits per heavy atom. The molecule has 3 rings (SSSR count). The average Bonchev–Trinajstić information content (AvgIpc) is 3.27. The molecule has 0 bridgehead atoms. The van der Waals surface area contributed by atoms with Crippen molar-refractivity contribution in [3.63, 3.8) is 0 Å². The summed E-state index contributed by atoms with van der Waals surface area (Å²) in [6, 6.07) is 3.76. The van der Waals surface area contributed by atoms with Crippen LogP contribution in [0.2, 0.25) is 0 Å². The van der Waals surface area contributed by atoms with Crippen molar-refractivity contribution in [2.24, 2.45) is 11.7 Å². The third-order valence-corrected chi connectivity index (χ3v) is 4.12. The molecule has 6 nitrogen and oxygen atoms in total. The second-order valence-corrected chi connectivity index (χ2v) is 5.70. The van der Waals surface area contributed by atoms with Gasteiger partial charge < -0.3 is 16.4 Å². The van der Waals surface area contributed by atoms with Gasteiger partial charge in [0, 0.05) is 31.4 Å². The quantitative estimate of drug-likeness (QED) is 0.753.